The Bertz CT molecular complexity index is 121. The SMILES string of the molecule is CC1OC=CC(O)[C@@H]1O. The fourth-order valence-corrected chi connectivity index (χ4v) is 0.722. The summed E-state index contributed by atoms with van der Waals surface area (Å²) in [6.07, 6.45) is 0.973. The van der Waals surface area contributed by atoms with E-state index in [9.17, 15) is 0 Å². The molecule has 0 radical (unpaired) electrons. The molecule has 0 amide bonds. The molecule has 52 valence electrons. The number of aliphatic hydroxyl groups excluding tert-OH is 2. The van der Waals surface area contributed by atoms with Gasteiger partial charge in [-0.3, -0.25) is 0 Å². The van der Waals surface area contributed by atoms with Crippen LogP contribution in [0.5, 0.6) is 0 Å². The van der Waals surface area contributed by atoms with Crippen LogP contribution < -0.4 is 0 Å². The van der Waals surface area contributed by atoms with Gasteiger partial charge in [-0.15, -0.1) is 0 Å². The van der Waals surface area contributed by atoms with Gasteiger partial charge >= 0.3 is 0 Å². The second-order valence-electron chi connectivity index (χ2n) is 2.15. The predicted molar refractivity (Wildman–Crippen MR) is 31.7 cm³/mol. The van der Waals surface area contributed by atoms with Crippen LogP contribution in [-0.2, 0) is 4.74 Å². The van der Waals surface area contributed by atoms with Crippen LogP contribution in [0.4, 0.5) is 0 Å². The Balaban J connectivity index is 2.58. The first-order chi connectivity index (χ1) is 4.22. The Hall–Kier alpha value is -0.540. The highest BCUT2D eigenvalue weighted by atomic mass is 16.5. The molecule has 0 aromatic rings. The van der Waals surface area contributed by atoms with E-state index in [-0.39, 0.29) is 6.10 Å². The van der Waals surface area contributed by atoms with Crippen molar-refractivity contribution in [3.05, 3.63) is 12.3 Å². The zero-order valence-electron chi connectivity index (χ0n) is 5.19. The summed E-state index contributed by atoms with van der Waals surface area (Å²) in [4.78, 5) is 0. The highest BCUT2D eigenvalue weighted by molar-refractivity contribution is 4.95. The maximum absolute atomic E-state index is 9.02. The first-order valence-corrected chi connectivity index (χ1v) is 2.90. The van der Waals surface area contributed by atoms with Gasteiger partial charge in [0, 0.05) is 0 Å². The molecule has 1 rings (SSSR count). The maximum atomic E-state index is 9.02. The molecule has 0 aliphatic carbocycles. The molecule has 0 aromatic carbocycles. The second-order valence-corrected chi connectivity index (χ2v) is 2.15. The minimum absolute atomic E-state index is 0.301. The van der Waals surface area contributed by atoms with Crippen molar-refractivity contribution in [2.24, 2.45) is 0 Å². The monoisotopic (exact) mass is 130 g/mol. The van der Waals surface area contributed by atoms with Crippen LogP contribution in [0, 0.1) is 0 Å². The number of aliphatic hydroxyl groups is 2. The molecule has 0 saturated heterocycles. The standard InChI is InChI=1S/C6H10O3/c1-4-6(8)5(7)2-3-9-4/h2-8H,1H3/t4?,5?,6-/m1/s1. The third-order valence-electron chi connectivity index (χ3n) is 1.40. The normalized spacial score (nSPS) is 42.3. The van der Waals surface area contributed by atoms with Crippen molar-refractivity contribution in [1.82, 2.24) is 0 Å². The van der Waals surface area contributed by atoms with Gasteiger partial charge in [0.1, 0.15) is 18.3 Å². The lowest BCUT2D eigenvalue weighted by molar-refractivity contribution is -0.0543. The van der Waals surface area contributed by atoms with Crippen LogP contribution >= 0.6 is 0 Å². The number of hydrogen-bond donors (Lipinski definition) is 2. The molecule has 0 saturated carbocycles. The van der Waals surface area contributed by atoms with Gasteiger partial charge in [0.05, 0.1) is 6.26 Å². The lowest BCUT2D eigenvalue weighted by atomic mass is 10.1. The van der Waals surface area contributed by atoms with E-state index in [4.69, 9.17) is 14.9 Å². The number of rotatable bonds is 0. The average molecular weight is 130 g/mol. The van der Waals surface area contributed by atoms with Gasteiger partial charge in [-0.25, -0.2) is 0 Å². The van der Waals surface area contributed by atoms with E-state index in [1.807, 2.05) is 0 Å². The molecule has 1 heterocycles. The van der Waals surface area contributed by atoms with E-state index in [1.54, 1.807) is 6.92 Å². The Labute approximate surface area is 53.6 Å². The van der Waals surface area contributed by atoms with Crippen molar-refractivity contribution >= 4 is 0 Å². The highest BCUT2D eigenvalue weighted by Gasteiger charge is 2.24. The minimum atomic E-state index is -0.782. The molecule has 2 unspecified atom stereocenters. The molecule has 1 aliphatic heterocycles. The Kier molecular flexibility index (Phi) is 1.73. The summed E-state index contributed by atoms with van der Waals surface area (Å²) in [5.74, 6) is 0. The van der Waals surface area contributed by atoms with Crippen LogP contribution in [0.15, 0.2) is 12.3 Å². The van der Waals surface area contributed by atoms with Crippen molar-refractivity contribution in [2.45, 2.75) is 25.2 Å². The van der Waals surface area contributed by atoms with Crippen LogP contribution in [0.2, 0.25) is 0 Å². The molecular formula is C6H10O3. The van der Waals surface area contributed by atoms with Crippen molar-refractivity contribution in [2.75, 3.05) is 0 Å². The summed E-state index contributed by atoms with van der Waals surface area (Å²) in [5, 5.41) is 18.0. The molecule has 0 bridgehead atoms. The molecule has 3 heteroatoms. The fraction of sp³-hybridized carbons (Fsp3) is 0.667. The lowest BCUT2D eigenvalue weighted by Crippen LogP contribution is -2.37. The summed E-state index contributed by atoms with van der Waals surface area (Å²) in [6, 6.07) is 0. The topological polar surface area (TPSA) is 49.7 Å². The van der Waals surface area contributed by atoms with E-state index >= 15 is 0 Å². The smallest absolute Gasteiger partial charge is 0.124 e. The van der Waals surface area contributed by atoms with E-state index in [2.05, 4.69) is 0 Å². The van der Waals surface area contributed by atoms with Gasteiger partial charge in [0.15, 0.2) is 0 Å². The summed E-state index contributed by atoms with van der Waals surface area (Å²) < 4.78 is 4.87. The lowest BCUT2D eigenvalue weighted by Gasteiger charge is -2.24. The number of hydrogen-bond acceptors (Lipinski definition) is 3. The molecule has 3 nitrogen and oxygen atoms in total. The highest BCUT2D eigenvalue weighted by Crippen LogP contribution is 2.10. The molecule has 0 fully saturated rings. The van der Waals surface area contributed by atoms with E-state index in [0.29, 0.717) is 0 Å². The molecule has 3 atom stereocenters. The van der Waals surface area contributed by atoms with Crippen molar-refractivity contribution in [1.29, 1.82) is 0 Å². The Morgan fingerprint density at radius 3 is 2.56 bits per heavy atom. The molecular weight excluding hydrogens is 120 g/mol. The van der Waals surface area contributed by atoms with E-state index < -0.39 is 12.2 Å². The first kappa shape index (κ1) is 6.58. The molecule has 2 N–H and O–H groups in total. The van der Waals surface area contributed by atoms with Gasteiger partial charge in [0.2, 0.25) is 0 Å². The predicted octanol–water partition coefficient (Wildman–Crippen LogP) is -0.359. The maximum Gasteiger partial charge on any atom is 0.124 e. The van der Waals surface area contributed by atoms with Gasteiger partial charge in [-0.05, 0) is 13.0 Å². The summed E-state index contributed by atoms with van der Waals surface area (Å²) in [6.45, 7) is 1.71. The van der Waals surface area contributed by atoms with Gasteiger partial charge in [-0.2, -0.15) is 0 Å². The second kappa shape index (κ2) is 2.37. The van der Waals surface area contributed by atoms with E-state index in [1.165, 1.54) is 12.3 Å². The van der Waals surface area contributed by atoms with Crippen LogP contribution in [0.1, 0.15) is 6.92 Å². The third kappa shape index (κ3) is 1.23. The van der Waals surface area contributed by atoms with Crippen molar-refractivity contribution in [3.63, 3.8) is 0 Å². The van der Waals surface area contributed by atoms with Crippen LogP contribution in [0.25, 0.3) is 0 Å². The molecule has 9 heavy (non-hydrogen) atoms. The van der Waals surface area contributed by atoms with Crippen LogP contribution in [0.3, 0.4) is 0 Å². The van der Waals surface area contributed by atoms with Gasteiger partial charge in [-0.1, -0.05) is 0 Å². The summed E-state index contributed by atoms with van der Waals surface area (Å²) >= 11 is 0. The molecule has 1 aliphatic rings. The van der Waals surface area contributed by atoms with Crippen molar-refractivity contribution < 1.29 is 14.9 Å². The zero-order chi connectivity index (χ0) is 6.85. The Morgan fingerprint density at radius 1 is 1.44 bits per heavy atom. The first-order valence-electron chi connectivity index (χ1n) is 2.90. The summed E-state index contributed by atoms with van der Waals surface area (Å²) in [7, 11) is 0. The average Bonchev–Trinajstić information content (AvgIpc) is 1.83. The minimum Gasteiger partial charge on any atom is -0.496 e. The zero-order valence-corrected chi connectivity index (χ0v) is 5.19. The fourth-order valence-electron chi connectivity index (χ4n) is 0.722. The quantitative estimate of drug-likeness (QED) is 0.471. The third-order valence-corrected chi connectivity index (χ3v) is 1.40. The Morgan fingerprint density at radius 2 is 2.11 bits per heavy atom. The molecule has 0 aromatic heterocycles. The largest absolute Gasteiger partial charge is 0.496 e. The van der Waals surface area contributed by atoms with Gasteiger partial charge in [0.25, 0.3) is 0 Å². The van der Waals surface area contributed by atoms with E-state index in [0.717, 1.165) is 0 Å². The van der Waals surface area contributed by atoms with Gasteiger partial charge < -0.3 is 14.9 Å². The molecule has 0 spiro atoms. The summed E-state index contributed by atoms with van der Waals surface area (Å²) in [5.41, 5.74) is 0. The van der Waals surface area contributed by atoms with Crippen LogP contribution in [-0.4, -0.2) is 28.5 Å². The number of ether oxygens (including phenoxy) is 1. The van der Waals surface area contributed by atoms with Crippen molar-refractivity contribution in [3.8, 4) is 0 Å².